The van der Waals surface area contributed by atoms with Gasteiger partial charge in [-0.15, -0.1) is 0 Å². The van der Waals surface area contributed by atoms with Crippen molar-refractivity contribution < 1.29 is 23.9 Å². The van der Waals surface area contributed by atoms with Crippen LogP contribution >= 0.6 is 0 Å². The number of hydrogen-bond donors (Lipinski definition) is 7. The van der Waals surface area contributed by atoms with Crippen LogP contribution in [0.15, 0.2) is 0 Å². The second kappa shape index (κ2) is 19.5. The monoisotopic (exact) mass is 461 g/mol. The summed E-state index contributed by atoms with van der Waals surface area (Å²) >= 11 is 0. The van der Waals surface area contributed by atoms with E-state index in [2.05, 4.69) is 10.6 Å². The maximum atomic E-state index is 12.4. The zero-order valence-corrected chi connectivity index (χ0v) is 19.1. The van der Waals surface area contributed by atoms with Crippen molar-refractivity contribution in [2.75, 3.05) is 32.8 Å². The minimum absolute atomic E-state index is 0.0239. The number of hydrogen-bond acceptors (Lipinski definition) is 9. The summed E-state index contributed by atoms with van der Waals surface area (Å²) in [6.45, 7) is 1.52. The fourth-order valence-electron chi connectivity index (χ4n) is 2.98. The second-order valence-corrected chi connectivity index (χ2v) is 7.74. The minimum Gasteiger partial charge on any atom is -0.448 e. The smallest absolute Gasteiger partial charge is 0.407 e. The highest BCUT2D eigenvalue weighted by Crippen LogP contribution is 2.06. The highest BCUT2D eigenvalue weighted by molar-refractivity contribution is 5.81. The summed E-state index contributed by atoms with van der Waals surface area (Å²) in [5.41, 5.74) is 27.4. The van der Waals surface area contributed by atoms with Crippen molar-refractivity contribution in [2.24, 2.45) is 28.7 Å². The van der Waals surface area contributed by atoms with E-state index in [1.54, 1.807) is 0 Å². The Morgan fingerprint density at radius 3 is 1.66 bits per heavy atom. The van der Waals surface area contributed by atoms with Crippen molar-refractivity contribution in [2.45, 2.75) is 75.9 Å². The molecule has 3 atom stereocenters. The molecule has 3 unspecified atom stereocenters. The third kappa shape index (κ3) is 16.5. The molecule has 0 heterocycles. The van der Waals surface area contributed by atoms with Gasteiger partial charge in [-0.2, -0.15) is 0 Å². The first kappa shape index (κ1) is 29.9. The largest absolute Gasteiger partial charge is 0.448 e. The Hall–Kier alpha value is -2.15. The summed E-state index contributed by atoms with van der Waals surface area (Å²) in [5, 5.41) is 5.51. The molecule has 32 heavy (non-hydrogen) atoms. The van der Waals surface area contributed by atoms with Crippen molar-refractivity contribution in [3.63, 3.8) is 0 Å². The normalized spacial score (nSPS) is 13.6. The number of carbonyl (C=O) groups excluding carboxylic acids is 3. The lowest BCUT2D eigenvalue weighted by Gasteiger charge is -2.22. The van der Waals surface area contributed by atoms with Gasteiger partial charge in [-0.25, -0.2) is 9.59 Å². The van der Waals surface area contributed by atoms with E-state index in [-0.39, 0.29) is 19.1 Å². The maximum absolute atomic E-state index is 12.4. The SMILES string of the molecule is NCCCCC(COC(N)=O)NC(=O)OCC(CCCCN)NC(=O)C(N)CCCCN. The van der Waals surface area contributed by atoms with E-state index in [9.17, 15) is 14.4 Å². The van der Waals surface area contributed by atoms with E-state index >= 15 is 0 Å². The van der Waals surface area contributed by atoms with E-state index < -0.39 is 30.3 Å². The molecule has 0 aromatic heterocycles. The minimum atomic E-state index is -0.922. The fraction of sp³-hybridized carbons (Fsp3) is 0.850. The van der Waals surface area contributed by atoms with Gasteiger partial charge in [-0.05, 0) is 58.2 Å². The molecule has 12 nitrogen and oxygen atoms in total. The van der Waals surface area contributed by atoms with Crippen LogP contribution in [0.3, 0.4) is 0 Å². The van der Waals surface area contributed by atoms with Gasteiger partial charge in [-0.3, -0.25) is 4.79 Å². The number of alkyl carbamates (subject to hydrolysis) is 1. The maximum Gasteiger partial charge on any atom is 0.407 e. The first-order valence-corrected chi connectivity index (χ1v) is 11.4. The lowest BCUT2D eigenvalue weighted by atomic mass is 10.1. The van der Waals surface area contributed by atoms with Crippen molar-refractivity contribution in [1.82, 2.24) is 10.6 Å². The summed E-state index contributed by atoms with van der Waals surface area (Å²) in [7, 11) is 0. The summed E-state index contributed by atoms with van der Waals surface area (Å²) in [6.07, 6.45) is 4.70. The predicted molar refractivity (Wildman–Crippen MR) is 122 cm³/mol. The van der Waals surface area contributed by atoms with Gasteiger partial charge in [0.25, 0.3) is 0 Å². The number of nitrogens with two attached hydrogens (primary N) is 5. The van der Waals surface area contributed by atoms with Crippen LogP contribution in [0.5, 0.6) is 0 Å². The molecule has 0 saturated carbocycles. The number of unbranched alkanes of at least 4 members (excludes halogenated alkanes) is 3. The Morgan fingerprint density at radius 1 is 0.688 bits per heavy atom. The molecule has 0 radical (unpaired) electrons. The molecule has 0 saturated heterocycles. The van der Waals surface area contributed by atoms with Crippen LogP contribution in [0.1, 0.15) is 57.8 Å². The Kier molecular flexibility index (Phi) is 18.2. The van der Waals surface area contributed by atoms with Gasteiger partial charge in [0.05, 0.1) is 18.1 Å². The average molecular weight is 462 g/mol. The molecule has 3 amide bonds. The van der Waals surface area contributed by atoms with Gasteiger partial charge < -0.3 is 48.8 Å². The lowest BCUT2D eigenvalue weighted by molar-refractivity contribution is -0.123. The number of rotatable bonds is 19. The van der Waals surface area contributed by atoms with Gasteiger partial charge in [-0.1, -0.05) is 19.3 Å². The second-order valence-electron chi connectivity index (χ2n) is 7.74. The quantitative estimate of drug-likeness (QED) is 0.121. The third-order valence-electron chi connectivity index (χ3n) is 4.83. The summed E-state index contributed by atoms with van der Waals surface area (Å²) < 4.78 is 10.1. The lowest BCUT2D eigenvalue weighted by Crippen LogP contribution is -2.48. The van der Waals surface area contributed by atoms with E-state index in [0.717, 1.165) is 38.5 Å². The van der Waals surface area contributed by atoms with Gasteiger partial charge in [0.1, 0.15) is 13.2 Å². The van der Waals surface area contributed by atoms with Crippen molar-refractivity contribution in [3.05, 3.63) is 0 Å². The van der Waals surface area contributed by atoms with Gasteiger partial charge >= 0.3 is 12.2 Å². The summed E-state index contributed by atoms with van der Waals surface area (Å²) in [6, 6.07) is -1.49. The molecule has 0 aromatic carbocycles. The molecule has 12 N–H and O–H groups in total. The molecule has 0 aromatic rings. The van der Waals surface area contributed by atoms with E-state index in [4.69, 9.17) is 38.1 Å². The Bertz CT molecular complexity index is 525. The molecule has 0 rings (SSSR count). The first-order valence-electron chi connectivity index (χ1n) is 11.4. The average Bonchev–Trinajstić information content (AvgIpc) is 2.75. The van der Waals surface area contributed by atoms with E-state index in [1.807, 2.05) is 0 Å². The zero-order chi connectivity index (χ0) is 24.2. The number of ether oxygens (including phenoxy) is 2. The molecule has 0 spiro atoms. The summed E-state index contributed by atoms with van der Waals surface area (Å²) in [4.78, 5) is 35.5. The van der Waals surface area contributed by atoms with Crippen LogP contribution in [0.4, 0.5) is 9.59 Å². The Morgan fingerprint density at radius 2 is 1.16 bits per heavy atom. The van der Waals surface area contributed by atoms with Crippen LogP contribution in [-0.2, 0) is 14.3 Å². The topological polar surface area (TPSA) is 224 Å². The molecule has 12 heteroatoms. The standard InChI is InChI=1S/C20H43N7O5/c21-10-4-1-7-15(26-18(28)17(24)9-3-6-12-23)14-32-20(30)27-16(8-2-5-11-22)13-31-19(25)29/h15-17H,1-14,21-24H2,(H2,25,29)(H,26,28)(H,27,30). The number of nitrogens with one attached hydrogen (secondary N) is 2. The third-order valence-corrected chi connectivity index (χ3v) is 4.83. The van der Waals surface area contributed by atoms with Crippen LogP contribution in [-0.4, -0.2) is 69.1 Å². The zero-order valence-electron chi connectivity index (χ0n) is 19.1. The summed E-state index contributed by atoms with van der Waals surface area (Å²) in [5.74, 6) is -0.293. The number of primary amides is 1. The Labute approximate surface area is 190 Å². The van der Waals surface area contributed by atoms with Crippen molar-refractivity contribution in [1.29, 1.82) is 0 Å². The van der Waals surface area contributed by atoms with Crippen LogP contribution in [0.25, 0.3) is 0 Å². The van der Waals surface area contributed by atoms with Crippen LogP contribution in [0, 0.1) is 0 Å². The first-order chi connectivity index (χ1) is 15.3. The Balaban J connectivity index is 4.69. The molecular formula is C20H43N7O5. The predicted octanol–water partition coefficient (Wildman–Crippen LogP) is -0.624. The van der Waals surface area contributed by atoms with Gasteiger partial charge in [0.2, 0.25) is 5.91 Å². The van der Waals surface area contributed by atoms with Gasteiger partial charge in [0.15, 0.2) is 0 Å². The molecule has 0 bridgehead atoms. The number of carbonyl (C=O) groups is 3. The van der Waals surface area contributed by atoms with E-state index in [1.165, 1.54) is 0 Å². The molecule has 0 fully saturated rings. The highest BCUT2D eigenvalue weighted by Gasteiger charge is 2.20. The van der Waals surface area contributed by atoms with Crippen LogP contribution in [0.2, 0.25) is 0 Å². The molecule has 0 aliphatic heterocycles. The van der Waals surface area contributed by atoms with Gasteiger partial charge in [0, 0.05) is 0 Å². The van der Waals surface area contributed by atoms with E-state index in [0.29, 0.717) is 38.9 Å². The molecule has 0 aliphatic carbocycles. The van der Waals surface area contributed by atoms with Crippen LogP contribution < -0.4 is 39.3 Å². The molecule has 0 aliphatic rings. The highest BCUT2D eigenvalue weighted by atomic mass is 16.6. The molecule has 188 valence electrons. The van der Waals surface area contributed by atoms with Crippen molar-refractivity contribution in [3.8, 4) is 0 Å². The van der Waals surface area contributed by atoms with Crippen molar-refractivity contribution >= 4 is 18.1 Å². The molecular weight excluding hydrogens is 418 g/mol. The fourth-order valence-corrected chi connectivity index (χ4v) is 2.98. The number of amides is 3.